The molecule has 0 unspecified atom stereocenters. The van der Waals surface area contributed by atoms with Crippen LogP contribution in [0, 0.1) is 5.92 Å². The molecule has 3 aromatic rings. The number of hydrogen-bond donors (Lipinski definition) is 0. The lowest BCUT2D eigenvalue weighted by Gasteiger charge is -2.33. The molecule has 3 atom stereocenters. The SMILES string of the molecule is CCN(CC)c1ccc2c(c1)Oc1cc(N(CC)CC)ccc1C2c1ccccc1C(=O)O[C@@H](C)C(=O)N1CCC[C@H]1C(=O)N(C)[C@H](CC(C)C)C(C)=O. The Morgan fingerprint density at radius 2 is 1.37 bits per heavy atom. The number of anilines is 2. The number of carbonyl (C=O) groups is 4. The van der Waals surface area contributed by atoms with Crippen molar-refractivity contribution in [2.45, 2.75) is 98.8 Å². The molecule has 5 rings (SSSR count). The molecule has 0 saturated carbocycles. The number of hydrogen-bond acceptors (Lipinski definition) is 8. The minimum Gasteiger partial charge on any atom is -0.457 e. The van der Waals surface area contributed by atoms with E-state index in [9.17, 15) is 19.2 Å². The fraction of sp³-hybridized carbons (Fsp3) is 0.500. The Kier molecular flexibility index (Phi) is 13.1. The van der Waals surface area contributed by atoms with E-state index in [0.29, 0.717) is 31.4 Å². The monoisotopic (exact) mass is 738 g/mol. The number of rotatable bonds is 15. The van der Waals surface area contributed by atoms with Gasteiger partial charge in [0, 0.05) is 80.3 Å². The van der Waals surface area contributed by atoms with Gasteiger partial charge >= 0.3 is 5.97 Å². The Hall–Kier alpha value is -4.86. The van der Waals surface area contributed by atoms with Crippen molar-refractivity contribution in [1.29, 1.82) is 0 Å². The standard InChI is InChI=1S/C44H58N4O6/c1-10-46(11-2)31-20-22-35-39(26-31)54-40-27-32(47(12-3)13-4)21-23-36(40)41(35)33-17-14-15-18-34(33)44(52)53-30(8)42(50)48-24-16-19-37(48)43(51)45(9)38(29(7)49)25-28(5)6/h14-15,17-18,20-23,26-28,30,37-38,41H,10-13,16,19,24-25H2,1-9H3/t30-,37-,38+/m0/s1. The lowest BCUT2D eigenvalue weighted by Crippen LogP contribution is -2.53. The van der Waals surface area contributed by atoms with Crippen molar-refractivity contribution in [2.75, 3.05) is 49.6 Å². The first kappa shape index (κ1) is 40.3. The van der Waals surface area contributed by atoms with Crippen molar-refractivity contribution in [3.8, 4) is 11.5 Å². The molecule has 54 heavy (non-hydrogen) atoms. The normalized spacial score (nSPS) is 16.2. The highest BCUT2D eigenvalue weighted by atomic mass is 16.5. The van der Waals surface area contributed by atoms with Crippen LogP contribution in [0.5, 0.6) is 11.5 Å². The lowest BCUT2D eigenvalue weighted by atomic mass is 9.80. The maximum Gasteiger partial charge on any atom is 0.339 e. The highest BCUT2D eigenvalue weighted by Crippen LogP contribution is 2.50. The molecule has 0 aliphatic carbocycles. The minimum absolute atomic E-state index is 0.0835. The third kappa shape index (κ3) is 8.27. The van der Waals surface area contributed by atoms with Gasteiger partial charge in [-0.2, -0.15) is 0 Å². The van der Waals surface area contributed by atoms with Crippen molar-refractivity contribution >= 4 is 34.9 Å². The minimum atomic E-state index is -1.13. The molecule has 3 aromatic carbocycles. The van der Waals surface area contributed by atoms with Gasteiger partial charge in [-0.05, 0) is 90.5 Å². The molecular weight excluding hydrogens is 681 g/mol. The predicted molar refractivity (Wildman–Crippen MR) is 214 cm³/mol. The second-order valence-electron chi connectivity index (χ2n) is 14.9. The zero-order valence-corrected chi connectivity index (χ0v) is 33.6. The molecule has 10 heteroatoms. The van der Waals surface area contributed by atoms with Crippen LogP contribution < -0.4 is 14.5 Å². The first-order valence-corrected chi connectivity index (χ1v) is 19.7. The van der Waals surface area contributed by atoms with Gasteiger partial charge in [-0.3, -0.25) is 14.4 Å². The number of fused-ring (bicyclic) bond motifs is 2. The average Bonchev–Trinajstić information content (AvgIpc) is 3.66. The van der Waals surface area contributed by atoms with Crippen LogP contribution in [-0.2, 0) is 19.1 Å². The zero-order chi connectivity index (χ0) is 39.3. The van der Waals surface area contributed by atoms with Crippen molar-refractivity contribution in [3.63, 3.8) is 0 Å². The van der Waals surface area contributed by atoms with E-state index in [2.05, 4.69) is 73.9 Å². The van der Waals surface area contributed by atoms with Crippen LogP contribution in [0.25, 0.3) is 0 Å². The first-order valence-electron chi connectivity index (χ1n) is 19.7. The number of ketones is 1. The second kappa shape index (κ2) is 17.5. The number of likely N-dealkylation sites (N-methyl/N-ethyl adjacent to an activating group) is 1. The van der Waals surface area contributed by atoms with Crippen molar-refractivity contribution in [3.05, 3.63) is 82.9 Å². The largest absolute Gasteiger partial charge is 0.457 e. The third-order valence-electron chi connectivity index (χ3n) is 11.0. The fourth-order valence-corrected chi connectivity index (χ4v) is 8.05. The van der Waals surface area contributed by atoms with E-state index in [1.165, 1.54) is 16.7 Å². The summed E-state index contributed by atoms with van der Waals surface area (Å²) in [5.74, 6) is -0.0559. The smallest absolute Gasteiger partial charge is 0.339 e. The van der Waals surface area contributed by atoms with E-state index < -0.39 is 30.1 Å². The van der Waals surface area contributed by atoms with Gasteiger partial charge in [-0.1, -0.05) is 44.2 Å². The van der Waals surface area contributed by atoms with Crippen LogP contribution in [0.1, 0.15) is 108 Å². The summed E-state index contributed by atoms with van der Waals surface area (Å²) in [4.78, 5) is 61.8. The highest BCUT2D eigenvalue weighted by molar-refractivity contribution is 5.96. The summed E-state index contributed by atoms with van der Waals surface area (Å²) in [7, 11) is 1.64. The molecule has 2 aliphatic heterocycles. The third-order valence-corrected chi connectivity index (χ3v) is 11.0. The Morgan fingerprint density at radius 1 is 0.815 bits per heavy atom. The Bertz CT molecular complexity index is 1770. The van der Waals surface area contributed by atoms with E-state index in [4.69, 9.17) is 9.47 Å². The van der Waals surface area contributed by atoms with Crippen molar-refractivity contribution in [1.82, 2.24) is 9.80 Å². The molecule has 10 nitrogen and oxygen atoms in total. The second-order valence-corrected chi connectivity index (χ2v) is 14.9. The van der Waals surface area contributed by atoms with Crippen LogP contribution in [-0.4, -0.2) is 91.3 Å². The summed E-state index contributed by atoms with van der Waals surface area (Å²) in [6.45, 7) is 19.4. The number of Topliss-reactive ketones (excluding diaryl/α,β-unsaturated/α-hetero) is 1. The molecule has 2 aliphatic rings. The molecule has 0 spiro atoms. The van der Waals surface area contributed by atoms with Crippen molar-refractivity contribution in [2.24, 2.45) is 5.92 Å². The van der Waals surface area contributed by atoms with Crippen LogP contribution in [0.15, 0.2) is 60.7 Å². The Balaban J connectivity index is 1.45. The number of benzene rings is 3. The lowest BCUT2D eigenvalue weighted by molar-refractivity contribution is -0.150. The van der Waals surface area contributed by atoms with Gasteiger partial charge < -0.3 is 29.1 Å². The summed E-state index contributed by atoms with van der Waals surface area (Å²) in [6.07, 6.45) is 0.537. The van der Waals surface area contributed by atoms with Gasteiger partial charge in [0.2, 0.25) is 5.91 Å². The molecule has 2 heterocycles. The summed E-state index contributed by atoms with van der Waals surface area (Å²) in [5.41, 5.74) is 5.08. The van der Waals surface area contributed by atoms with Gasteiger partial charge in [0.05, 0.1) is 11.6 Å². The van der Waals surface area contributed by atoms with Gasteiger partial charge in [0.15, 0.2) is 11.9 Å². The van der Waals surface area contributed by atoms with Gasteiger partial charge in [0.25, 0.3) is 5.91 Å². The number of esters is 1. The Labute approximate surface area is 321 Å². The van der Waals surface area contributed by atoms with Crippen LogP contribution in [0.3, 0.4) is 0 Å². The molecule has 0 bridgehead atoms. The molecular formula is C44H58N4O6. The molecule has 0 N–H and O–H groups in total. The van der Waals surface area contributed by atoms with Gasteiger partial charge in [0.1, 0.15) is 17.5 Å². The molecule has 0 radical (unpaired) electrons. The van der Waals surface area contributed by atoms with Crippen LogP contribution >= 0.6 is 0 Å². The van der Waals surface area contributed by atoms with Crippen molar-refractivity contribution < 1.29 is 28.7 Å². The van der Waals surface area contributed by atoms with Crippen LogP contribution in [0.4, 0.5) is 11.4 Å². The topological polar surface area (TPSA) is 99.7 Å². The van der Waals surface area contributed by atoms with Gasteiger partial charge in [-0.15, -0.1) is 0 Å². The number of carbonyl (C=O) groups excluding carboxylic acids is 4. The molecule has 290 valence electrons. The molecule has 0 aromatic heterocycles. The Morgan fingerprint density at radius 3 is 1.89 bits per heavy atom. The maximum atomic E-state index is 14.1. The quantitative estimate of drug-likeness (QED) is 0.115. The zero-order valence-electron chi connectivity index (χ0n) is 33.6. The summed E-state index contributed by atoms with van der Waals surface area (Å²) in [6, 6.07) is 18.7. The summed E-state index contributed by atoms with van der Waals surface area (Å²) in [5, 5.41) is 0. The highest BCUT2D eigenvalue weighted by Gasteiger charge is 2.41. The predicted octanol–water partition coefficient (Wildman–Crippen LogP) is 7.66. The number of nitrogens with zero attached hydrogens (tertiary/aromatic N) is 4. The van der Waals surface area contributed by atoms with E-state index in [1.807, 2.05) is 26.0 Å². The van der Waals surface area contributed by atoms with E-state index in [1.54, 1.807) is 26.1 Å². The van der Waals surface area contributed by atoms with E-state index >= 15 is 0 Å². The van der Waals surface area contributed by atoms with E-state index in [0.717, 1.165) is 65.7 Å². The fourth-order valence-electron chi connectivity index (χ4n) is 8.05. The summed E-state index contributed by atoms with van der Waals surface area (Å²) < 4.78 is 12.6. The maximum absolute atomic E-state index is 14.1. The van der Waals surface area contributed by atoms with Crippen LogP contribution in [0.2, 0.25) is 0 Å². The molecule has 1 fully saturated rings. The summed E-state index contributed by atoms with van der Waals surface area (Å²) >= 11 is 0. The number of ether oxygens (including phenoxy) is 2. The van der Waals surface area contributed by atoms with Gasteiger partial charge in [-0.25, -0.2) is 4.79 Å². The number of amides is 2. The number of likely N-dealkylation sites (tertiary alicyclic amines) is 1. The first-order chi connectivity index (χ1) is 25.8. The molecule has 2 amide bonds. The average molecular weight is 739 g/mol. The van der Waals surface area contributed by atoms with E-state index in [-0.39, 0.29) is 23.5 Å². The molecule has 1 saturated heterocycles.